The van der Waals surface area contributed by atoms with Crippen LogP contribution in [0.15, 0.2) is 23.1 Å². The van der Waals surface area contributed by atoms with Gasteiger partial charge in [-0.3, -0.25) is 4.21 Å². The molecule has 0 saturated heterocycles. The lowest BCUT2D eigenvalue weighted by Crippen LogP contribution is -2.25. The van der Waals surface area contributed by atoms with Crippen LogP contribution in [-0.4, -0.2) is 22.7 Å². The Morgan fingerprint density at radius 3 is 2.65 bits per heavy atom. The fourth-order valence-electron chi connectivity index (χ4n) is 1.28. The van der Waals surface area contributed by atoms with Crippen LogP contribution in [0.3, 0.4) is 0 Å². The average molecular weight is 276 g/mol. The molecule has 1 aromatic carbocycles. The standard InChI is InChI=1S/C12H18ClNO2S/c1-12(2,16-3)6-7-17(15)11-5-4-9(13)8-10(11)14/h4-5,8H,6-7,14H2,1-3H3. The van der Waals surface area contributed by atoms with E-state index in [1.165, 1.54) is 0 Å². The number of anilines is 1. The van der Waals surface area contributed by atoms with E-state index in [1.807, 2.05) is 13.8 Å². The maximum atomic E-state index is 12.1. The number of ether oxygens (including phenoxy) is 1. The van der Waals surface area contributed by atoms with Crippen LogP contribution in [0.2, 0.25) is 5.02 Å². The Morgan fingerprint density at radius 2 is 2.12 bits per heavy atom. The van der Waals surface area contributed by atoms with E-state index in [1.54, 1.807) is 25.3 Å². The van der Waals surface area contributed by atoms with E-state index < -0.39 is 10.8 Å². The van der Waals surface area contributed by atoms with Crippen molar-refractivity contribution < 1.29 is 8.95 Å². The van der Waals surface area contributed by atoms with Crippen LogP contribution in [0.25, 0.3) is 0 Å². The van der Waals surface area contributed by atoms with Crippen LogP contribution < -0.4 is 5.73 Å². The summed E-state index contributed by atoms with van der Waals surface area (Å²) in [6, 6.07) is 5.04. The molecule has 0 radical (unpaired) electrons. The third kappa shape index (κ3) is 4.30. The van der Waals surface area contributed by atoms with Crippen LogP contribution in [0.1, 0.15) is 20.3 Å². The maximum Gasteiger partial charge on any atom is 0.0631 e. The second-order valence-electron chi connectivity index (χ2n) is 4.45. The Hall–Kier alpha value is -0.580. The van der Waals surface area contributed by atoms with Crippen molar-refractivity contribution in [2.45, 2.75) is 30.8 Å². The predicted molar refractivity (Wildman–Crippen MR) is 72.8 cm³/mol. The Balaban J connectivity index is 2.71. The zero-order chi connectivity index (χ0) is 13.1. The molecule has 0 aliphatic carbocycles. The molecule has 0 spiro atoms. The fourth-order valence-corrected chi connectivity index (χ4v) is 2.90. The van der Waals surface area contributed by atoms with Gasteiger partial charge in [0.15, 0.2) is 0 Å². The van der Waals surface area contributed by atoms with Crippen molar-refractivity contribution in [1.82, 2.24) is 0 Å². The quantitative estimate of drug-likeness (QED) is 0.841. The summed E-state index contributed by atoms with van der Waals surface area (Å²) in [6.45, 7) is 3.94. The summed E-state index contributed by atoms with van der Waals surface area (Å²) in [4.78, 5) is 0.640. The van der Waals surface area contributed by atoms with E-state index in [-0.39, 0.29) is 5.60 Å². The molecule has 0 amide bonds. The molecule has 0 heterocycles. The number of nitrogens with two attached hydrogens (primary N) is 1. The van der Waals surface area contributed by atoms with Crippen LogP contribution in [0, 0.1) is 0 Å². The number of rotatable bonds is 5. The molecule has 17 heavy (non-hydrogen) atoms. The minimum atomic E-state index is -1.11. The van der Waals surface area contributed by atoms with E-state index in [9.17, 15) is 4.21 Å². The van der Waals surface area contributed by atoms with Crippen molar-refractivity contribution in [2.75, 3.05) is 18.6 Å². The van der Waals surface area contributed by atoms with Crippen molar-refractivity contribution in [2.24, 2.45) is 0 Å². The van der Waals surface area contributed by atoms with Crippen molar-refractivity contribution in [1.29, 1.82) is 0 Å². The van der Waals surface area contributed by atoms with Gasteiger partial charge in [0, 0.05) is 23.6 Å². The summed E-state index contributed by atoms with van der Waals surface area (Å²) in [5.74, 6) is 0.521. The molecule has 0 bridgehead atoms. The molecule has 0 aliphatic heterocycles. The summed E-state index contributed by atoms with van der Waals surface area (Å²) in [5.41, 5.74) is 6.00. The van der Waals surface area contributed by atoms with Gasteiger partial charge in [0.05, 0.1) is 21.3 Å². The zero-order valence-corrected chi connectivity index (χ0v) is 11.9. The summed E-state index contributed by atoms with van der Waals surface area (Å²) in [6.07, 6.45) is 0.707. The van der Waals surface area contributed by atoms with Gasteiger partial charge in [-0.2, -0.15) is 0 Å². The van der Waals surface area contributed by atoms with Gasteiger partial charge in [0.2, 0.25) is 0 Å². The van der Waals surface area contributed by atoms with E-state index in [0.717, 1.165) is 0 Å². The third-order valence-electron chi connectivity index (χ3n) is 2.66. The molecule has 1 aromatic rings. The van der Waals surface area contributed by atoms with E-state index in [2.05, 4.69) is 0 Å². The van der Waals surface area contributed by atoms with Gasteiger partial charge in [-0.25, -0.2) is 0 Å². The van der Waals surface area contributed by atoms with E-state index >= 15 is 0 Å². The molecule has 2 N–H and O–H groups in total. The molecular formula is C12H18ClNO2S. The van der Waals surface area contributed by atoms with Crippen LogP contribution >= 0.6 is 11.6 Å². The highest BCUT2D eigenvalue weighted by molar-refractivity contribution is 7.85. The number of hydrogen-bond donors (Lipinski definition) is 1. The third-order valence-corrected chi connectivity index (χ3v) is 4.33. The molecule has 1 rings (SSSR count). The Bertz CT molecular complexity index is 421. The van der Waals surface area contributed by atoms with E-state index in [4.69, 9.17) is 22.1 Å². The molecule has 3 nitrogen and oxygen atoms in total. The van der Waals surface area contributed by atoms with Crippen molar-refractivity contribution in [3.8, 4) is 0 Å². The van der Waals surface area contributed by atoms with Gasteiger partial charge in [-0.05, 0) is 38.5 Å². The second-order valence-corrected chi connectivity index (χ2v) is 6.42. The molecule has 5 heteroatoms. The number of hydrogen-bond acceptors (Lipinski definition) is 3. The zero-order valence-electron chi connectivity index (χ0n) is 10.3. The van der Waals surface area contributed by atoms with Crippen LogP contribution in [0.5, 0.6) is 0 Å². The minimum Gasteiger partial charge on any atom is -0.398 e. The van der Waals surface area contributed by atoms with Gasteiger partial charge in [0.25, 0.3) is 0 Å². The first-order chi connectivity index (χ1) is 7.85. The van der Waals surface area contributed by atoms with Crippen LogP contribution in [-0.2, 0) is 15.5 Å². The number of nitrogen functional groups attached to an aromatic ring is 1. The summed E-state index contributed by atoms with van der Waals surface area (Å²) < 4.78 is 17.4. The Labute approximate surface area is 110 Å². The maximum absolute atomic E-state index is 12.1. The lowest BCUT2D eigenvalue weighted by Gasteiger charge is -2.22. The molecule has 1 unspecified atom stereocenters. The van der Waals surface area contributed by atoms with Gasteiger partial charge in [-0.15, -0.1) is 0 Å². The second kappa shape index (κ2) is 5.85. The van der Waals surface area contributed by atoms with Gasteiger partial charge >= 0.3 is 0 Å². The SMILES string of the molecule is COC(C)(C)CCS(=O)c1ccc(Cl)cc1N. The highest BCUT2D eigenvalue weighted by atomic mass is 35.5. The lowest BCUT2D eigenvalue weighted by atomic mass is 10.1. The average Bonchev–Trinajstić information content (AvgIpc) is 2.26. The minimum absolute atomic E-state index is 0.267. The van der Waals surface area contributed by atoms with Gasteiger partial charge in [0.1, 0.15) is 0 Å². The molecule has 1 atom stereocenters. The highest BCUT2D eigenvalue weighted by Gasteiger charge is 2.18. The molecule has 0 aliphatic rings. The van der Waals surface area contributed by atoms with Crippen LogP contribution in [0.4, 0.5) is 5.69 Å². The molecule has 0 aromatic heterocycles. The first-order valence-electron chi connectivity index (χ1n) is 5.34. The van der Waals surface area contributed by atoms with Crippen molar-refractivity contribution in [3.05, 3.63) is 23.2 Å². The molecule has 96 valence electrons. The molecule has 0 saturated carbocycles. The largest absolute Gasteiger partial charge is 0.398 e. The number of halogens is 1. The lowest BCUT2D eigenvalue weighted by molar-refractivity contribution is 0.0205. The number of benzene rings is 1. The first-order valence-corrected chi connectivity index (χ1v) is 7.04. The van der Waals surface area contributed by atoms with Crippen molar-refractivity contribution >= 4 is 28.1 Å². The van der Waals surface area contributed by atoms with Gasteiger partial charge < -0.3 is 10.5 Å². The normalized spacial score (nSPS) is 13.6. The topological polar surface area (TPSA) is 52.3 Å². The summed E-state index contributed by atoms with van der Waals surface area (Å²) in [5, 5.41) is 0.556. The smallest absolute Gasteiger partial charge is 0.0631 e. The molecule has 0 fully saturated rings. The summed E-state index contributed by atoms with van der Waals surface area (Å²) in [7, 11) is 0.537. The highest BCUT2D eigenvalue weighted by Crippen LogP contribution is 2.23. The van der Waals surface area contributed by atoms with E-state index in [0.29, 0.717) is 27.8 Å². The summed E-state index contributed by atoms with van der Waals surface area (Å²) >= 11 is 5.79. The molecular weight excluding hydrogens is 258 g/mol. The van der Waals surface area contributed by atoms with Gasteiger partial charge in [-0.1, -0.05) is 11.6 Å². The first kappa shape index (κ1) is 14.5. The Morgan fingerprint density at radius 1 is 1.47 bits per heavy atom. The van der Waals surface area contributed by atoms with Crippen molar-refractivity contribution in [3.63, 3.8) is 0 Å². The monoisotopic (exact) mass is 275 g/mol. The Kier molecular flexibility index (Phi) is 4.98. The fraction of sp³-hybridized carbons (Fsp3) is 0.500. The predicted octanol–water partition coefficient (Wildman–Crippen LogP) is 2.84. The number of methoxy groups -OCH3 is 1.